The van der Waals surface area contributed by atoms with Crippen LogP contribution in [0.4, 0.5) is 11.4 Å². The third kappa shape index (κ3) is 3.61. The van der Waals surface area contributed by atoms with Crippen LogP contribution in [0.25, 0.3) is 0 Å². The van der Waals surface area contributed by atoms with E-state index >= 15 is 0 Å². The lowest BCUT2D eigenvalue weighted by Crippen LogP contribution is -2.12. The molecular weight excluding hydrogens is 316 g/mol. The first kappa shape index (κ1) is 14.6. The molecule has 3 nitrogen and oxygen atoms in total. The van der Waals surface area contributed by atoms with Gasteiger partial charge in [-0.15, -0.1) is 0 Å². The van der Waals surface area contributed by atoms with Crippen molar-refractivity contribution in [2.45, 2.75) is 13.8 Å². The molecule has 0 aliphatic carbocycles. The van der Waals surface area contributed by atoms with E-state index in [0.717, 1.165) is 28.0 Å². The van der Waals surface area contributed by atoms with Gasteiger partial charge in [0.25, 0.3) is 5.91 Å². The monoisotopic (exact) mass is 332 g/mol. The van der Waals surface area contributed by atoms with Gasteiger partial charge in [0.2, 0.25) is 0 Å². The molecule has 104 valence electrons. The maximum atomic E-state index is 12.2. The number of hydrogen-bond acceptors (Lipinski definition) is 2. The molecule has 4 heteroatoms. The fourth-order valence-electron chi connectivity index (χ4n) is 1.93. The van der Waals surface area contributed by atoms with Crippen molar-refractivity contribution in [2.75, 3.05) is 17.2 Å². The molecule has 20 heavy (non-hydrogen) atoms. The molecule has 2 aromatic rings. The van der Waals surface area contributed by atoms with Crippen LogP contribution in [-0.2, 0) is 0 Å². The van der Waals surface area contributed by atoms with Gasteiger partial charge in [0.1, 0.15) is 0 Å². The molecule has 0 saturated heterocycles. The Morgan fingerprint density at radius 3 is 2.45 bits per heavy atom. The molecule has 0 bridgehead atoms. The van der Waals surface area contributed by atoms with E-state index in [1.807, 2.05) is 56.3 Å². The Morgan fingerprint density at radius 2 is 1.85 bits per heavy atom. The lowest BCUT2D eigenvalue weighted by Gasteiger charge is -2.10. The molecule has 2 aromatic carbocycles. The van der Waals surface area contributed by atoms with Crippen molar-refractivity contribution in [3.8, 4) is 0 Å². The zero-order valence-electron chi connectivity index (χ0n) is 11.5. The summed E-state index contributed by atoms with van der Waals surface area (Å²) in [6.45, 7) is 4.91. The van der Waals surface area contributed by atoms with Crippen LogP contribution in [0.1, 0.15) is 22.8 Å². The Hall–Kier alpha value is -1.81. The first-order valence-electron chi connectivity index (χ1n) is 6.51. The Kier molecular flexibility index (Phi) is 4.79. The van der Waals surface area contributed by atoms with Crippen LogP contribution in [0.3, 0.4) is 0 Å². The minimum absolute atomic E-state index is 0.0986. The van der Waals surface area contributed by atoms with E-state index in [0.29, 0.717) is 5.56 Å². The Balaban J connectivity index is 2.13. The van der Waals surface area contributed by atoms with Crippen molar-refractivity contribution >= 4 is 33.2 Å². The van der Waals surface area contributed by atoms with Crippen LogP contribution in [0.2, 0.25) is 0 Å². The Labute approximate surface area is 127 Å². The van der Waals surface area contributed by atoms with Gasteiger partial charge in [-0.3, -0.25) is 4.79 Å². The Morgan fingerprint density at radius 1 is 1.15 bits per heavy atom. The van der Waals surface area contributed by atoms with Crippen LogP contribution in [-0.4, -0.2) is 12.5 Å². The number of nitrogens with one attached hydrogen (secondary N) is 2. The second-order valence-corrected chi connectivity index (χ2v) is 5.44. The highest BCUT2D eigenvalue weighted by molar-refractivity contribution is 9.10. The summed E-state index contributed by atoms with van der Waals surface area (Å²) in [5, 5.41) is 6.14. The molecule has 2 rings (SSSR count). The van der Waals surface area contributed by atoms with Gasteiger partial charge in [0, 0.05) is 28.0 Å². The zero-order valence-corrected chi connectivity index (χ0v) is 13.1. The third-order valence-corrected chi connectivity index (χ3v) is 3.49. The van der Waals surface area contributed by atoms with Crippen molar-refractivity contribution in [2.24, 2.45) is 0 Å². The van der Waals surface area contributed by atoms with Crippen LogP contribution < -0.4 is 10.6 Å². The number of rotatable bonds is 4. The van der Waals surface area contributed by atoms with Gasteiger partial charge in [-0.05, 0) is 61.9 Å². The van der Waals surface area contributed by atoms with Crippen LogP contribution in [0.15, 0.2) is 46.9 Å². The highest BCUT2D eigenvalue weighted by Crippen LogP contribution is 2.18. The molecule has 0 aliphatic heterocycles. The van der Waals surface area contributed by atoms with Gasteiger partial charge in [-0.1, -0.05) is 15.9 Å². The van der Waals surface area contributed by atoms with Gasteiger partial charge in [0.05, 0.1) is 0 Å². The molecule has 0 fully saturated rings. The fraction of sp³-hybridized carbons (Fsp3) is 0.188. The molecular formula is C16H17BrN2O. The Bertz CT molecular complexity index is 608. The van der Waals surface area contributed by atoms with Crippen LogP contribution in [0, 0.1) is 6.92 Å². The number of hydrogen-bond donors (Lipinski definition) is 2. The molecule has 0 atom stereocenters. The number of anilines is 2. The van der Waals surface area contributed by atoms with E-state index in [1.54, 1.807) is 0 Å². The summed E-state index contributed by atoms with van der Waals surface area (Å²) in [5.41, 5.74) is 3.57. The lowest BCUT2D eigenvalue weighted by molar-refractivity contribution is 0.102. The topological polar surface area (TPSA) is 41.1 Å². The van der Waals surface area contributed by atoms with Crippen molar-refractivity contribution in [1.82, 2.24) is 0 Å². The number of carbonyl (C=O) groups is 1. The summed E-state index contributed by atoms with van der Waals surface area (Å²) in [4.78, 5) is 12.2. The molecule has 0 unspecified atom stereocenters. The molecule has 0 aliphatic rings. The van der Waals surface area contributed by atoms with Gasteiger partial charge in [-0.2, -0.15) is 0 Å². The van der Waals surface area contributed by atoms with Crippen molar-refractivity contribution in [1.29, 1.82) is 0 Å². The van der Waals surface area contributed by atoms with E-state index in [2.05, 4.69) is 26.6 Å². The lowest BCUT2D eigenvalue weighted by atomic mass is 10.1. The predicted octanol–water partition coefficient (Wildman–Crippen LogP) is 4.44. The summed E-state index contributed by atoms with van der Waals surface area (Å²) in [6, 6.07) is 13.2. The van der Waals surface area contributed by atoms with Gasteiger partial charge < -0.3 is 10.6 Å². The van der Waals surface area contributed by atoms with E-state index in [9.17, 15) is 4.79 Å². The van der Waals surface area contributed by atoms with Crippen LogP contribution in [0.5, 0.6) is 0 Å². The molecule has 0 heterocycles. The number of carbonyl (C=O) groups excluding carboxylic acids is 1. The SMILES string of the molecule is CCNc1ccc(C(=O)Nc2ccc(Br)cc2)cc1C. The number of benzene rings is 2. The molecule has 0 spiro atoms. The van der Waals surface area contributed by atoms with Crippen molar-refractivity contribution in [3.05, 3.63) is 58.1 Å². The van der Waals surface area contributed by atoms with Gasteiger partial charge in [0.15, 0.2) is 0 Å². The summed E-state index contributed by atoms with van der Waals surface area (Å²) < 4.78 is 0.987. The summed E-state index contributed by atoms with van der Waals surface area (Å²) in [7, 11) is 0. The van der Waals surface area contributed by atoms with E-state index in [-0.39, 0.29) is 5.91 Å². The second kappa shape index (κ2) is 6.57. The molecule has 2 N–H and O–H groups in total. The minimum Gasteiger partial charge on any atom is -0.385 e. The number of aryl methyl sites for hydroxylation is 1. The zero-order chi connectivity index (χ0) is 14.5. The number of halogens is 1. The highest BCUT2D eigenvalue weighted by Gasteiger charge is 2.08. The third-order valence-electron chi connectivity index (χ3n) is 2.96. The molecule has 0 radical (unpaired) electrons. The van der Waals surface area contributed by atoms with Gasteiger partial charge >= 0.3 is 0 Å². The standard InChI is InChI=1S/C16H17BrN2O/c1-3-18-15-9-4-12(10-11(15)2)16(20)19-14-7-5-13(17)6-8-14/h4-10,18H,3H2,1-2H3,(H,19,20). The van der Waals surface area contributed by atoms with Crippen LogP contribution >= 0.6 is 15.9 Å². The summed E-state index contributed by atoms with van der Waals surface area (Å²) >= 11 is 3.37. The normalized spacial score (nSPS) is 10.2. The average Bonchev–Trinajstić information content (AvgIpc) is 2.44. The largest absolute Gasteiger partial charge is 0.385 e. The number of amides is 1. The minimum atomic E-state index is -0.0986. The summed E-state index contributed by atoms with van der Waals surface area (Å²) in [5.74, 6) is -0.0986. The first-order valence-corrected chi connectivity index (χ1v) is 7.31. The highest BCUT2D eigenvalue weighted by atomic mass is 79.9. The quantitative estimate of drug-likeness (QED) is 0.868. The second-order valence-electron chi connectivity index (χ2n) is 4.52. The van der Waals surface area contributed by atoms with E-state index < -0.39 is 0 Å². The predicted molar refractivity (Wildman–Crippen MR) is 87.4 cm³/mol. The van der Waals surface area contributed by atoms with E-state index in [1.165, 1.54) is 0 Å². The van der Waals surface area contributed by atoms with E-state index in [4.69, 9.17) is 0 Å². The molecule has 1 amide bonds. The molecule has 0 aromatic heterocycles. The smallest absolute Gasteiger partial charge is 0.255 e. The fourth-order valence-corrected chi connectivity index (χ4v) is 2.19. The molecule has 0 saturated carbocycles. The maximum absolute atomic E-state index is 12.2. The van der Waals surface area contributed by atoms with Crippen molar-refractivity contribution in [3.63, 3.8) is 0 Å². The average molecular weight is 333 g/mol. The maximum Gasteiger partial charge on any atom is 0.255 e. The summed E-state index contributed by atoms with van der Waals surface area (Å²) in [6.07, 6.45) is 0. The van der Waals surface area contributed by atoms with Gasteiger partial charge in [-0.25, -0.2) is 0 Å². The first-order chi connectivity index (χ1) is 9.60. The van der Waals surface area contributed by atoms with Crippen molar-refractivity contribution < 1.29 is 4.79 Å².